The van der Waals surface area contributed by atoms with Crippen molar-refractivity contribution in [1.82, 2.24) is 0 Å². The number of fused-ring (bicyclic) bond motifs is 1. The second kappa shape index (κ2) is 5.56. The molecule has 0 heterocycles. The summed E-state index contributed by atoms with van der Waals surface area (Å²) in [7, 11) is 0. The molecule has 1 aliphatic rings. The third kappa shape index (κ3) is 3.34. The van der Waals surface area contributed by atoms with E-state index in [1.165, 1.54) is 31.2 Å². The van der Waals surface area contributed by atoms with Crippen LogP contribution in [-0.2, 0) is 12.8 Å². The van der Waals surface area contributed by atoms with Gasteiger partial charge in [-0.15, -0.1) is 0 Å². The molecule has 0 spiro atoms. The minimum atomic E-state index is 0.558. The summed E-state index contributed by atoms with van der Waals surface area (Å²) in [5.41, 5.74) is 4.61. The molecule has 0 aromatic heterocycles. The summed E-state index contributed by atoms with van der Waals surface area (Å²) < 4.78 is 0. The first-order chi connectivity index (χ1) is 8.06. The van der Waals surface area contributed by atoms with Crippen molar-refractivity contribution < 1.29 is 0 Å². The second-order valence-corrected chi connectivity index (χ2v) is 7.08. The largest absolute Gasteiger partial charge is 0.0839 e. The van der Waals surface area contributed by atoms with Gasteiger partial charge in [0, 0.05) is 4.83 Å². The second-order valence-electron chi connectivity index (χ2n) is 5.98. The minimum absolute atomic E-state index is 0.558. The molecule has 1 heteroatoms. The number of benzene rings is 1. The highest BCUT2D eigenvalue weighted by molar-refractivity contribution is 9.09. The standard InChI is InChI=1S/C16H23Br/c1-11(2)8-13-5-7-14-6-4-12(3)9-16(17)15(14)10-13/h5,7,10-12,16H,4,6,8-9H2,1-3H3. The van der Waals surface area contributed by atoms with Crippen molar-refractivity contribution in [3.63, 3.8) is 0 Å². The van der Waals surface area contributed by atoms with Crippen LogP contribution in [0.1, 0.15) is 55.1 Å². The van der Waals surface area contributed by atoms with Gasteiger partial charge in [-0.3, -0.25) is 0 Å². The van der Waals surface area contributed by atoms with E-state index in [1.54, 1.807) is 11.1 Å². The molecule has 2 atom stereocenters. The van der Waals surface area contributed by atoms with Crippen LogP contribution in [0.3, 0.4) is 0 Å². The normalized spacial score (nSPS) is 24.5. The van der Waals surface area contributed by atoms with Crippen LogP contribution in [0.5, 0.6) is 0 Å². The smallest absolute Gasteiger partial charge is 0.0400 e. The fraction of sp³-hybridized carbons (Fsp3) is 0.625. The lowest BCUT2D eigenvalue weighted by Crippen LogP contribution is -1.99. The third-order valence-electron chi connectivity index (χ3n) is 3.71. The lowest BCUT2D eigenvalue weighted by molar-refractivity contribution is 0.508. The van der Waals surface area contributed by atoms with Crippen LogP contribution in [0.2, 0.25) is 0 Å². The van der Waals surface area contributed by atoms with Crippen molar-refractivity contribution in [3.05, 3.63) is 34.9 Å². The lowest BCUT2D eigenvalue weighted by atomic mass is 9.96. The zero-order chi connectivity index (χ0) is 12.4. The summed E-state index contributed by atoms with van der Waals surface area (Å²) in [6.07, 6.45) is 5.06. The van der Waals surface area contributed by atoms with E-state index in [2.05, 4.69) is 54.9 Å². The Kier molecular flexibility index (Phi) is 4.30. The van der Waals surface area contributed by atoms with Gasteiger partial charge in [-0.05, 0) is 54.2 Å². The van der Waals surface area contributed by atoms with Crippen molar-refractivity contribution in [3.8, 4) is 0 Å². The number of alkyl halides is 1. The Bertz CT molecular complexity index is 381. The molecule has 2 unspecified atom stereocenters. The Morgan fingerprint density at radius 1 is 1.35 bits per heavy atom. The van der Waals surface area contributed by atoms with Gasteiger partial charge in [0.2, 0.25) is 0 Å². The van der Waals surface area contributed by atoms with Gasteiger partial charge in [0.05, 0.1) is 0 Å². The van der Waals surface area contributed by atoms with Crippen LogP contribution >= 0.6 is 15.9 Å². The van der Waals surface area contributed by atoms with Gasteiger partial charge in [-0.1, -0.05) is 54.9 Å². The molecule has 0 saturated carbocycles. The zero-order valence-electron chi connectivity index (χ0n) is 11.2. The maximum Gasteiger partial charge on any atom is 0.0400 e. The van der Waals surface area contributed by atoms with E-state index >= 15 is 0 Å². The average molecular weight is 295 g/mol. The van der Waals surface area contributed by atoms with Gasteiger partial charge in [-0.2, -0.15) is 0 Å². The first-order valence-corrected chi connectivity index (χ1v) is 7.73. The van der Waals surface area contributed by atoms with E-state index in [9.17, 15) is 0 Å². The van der Waals surface area contributed by atoms with Gasteiger partial charge in [0.15, 0.2) is 0 Å². The zero-order valence-corrected chi connectivity index (χ0v) is 12.8. The Labute approximate surface area is 114 Å². The van der Waals surface area contributed by atoms with Crippen molar-refractivity contribution in [2.45, 2.75) is 51.3 Å². The molecule has 0 saturated heterocycles. The Morgan fingerprint density at radius 2 is 2.12 bits per heavy atom. The summed E-state index contributed by atoms with van der Waals surface area (Å²) in [4.78, 5) is 0.558. The maximum absolute atomic E-state index is 3.88. The molecule has 0 amide bonds. The topological polar surface area (TPSA) is 0 Å². The molecule has 0 N–H and O–H groups in total. The predicted molar refractivity (Wildman–Crippen MR) is 78.8 cm³/mol. The van der Waals surface area contributed by atoms with Crippen LogP contribution in [0.15, 0.2) is 18.2 Å². The summed E-state index contributed by atoms with van der Waals surface area (Å²) in [5, 5.41) is 0. The number of rotatable bonds is 2. The third-order valence-corrected chi connectivity index (χ3v) is 4.57. The molecule has 17 heavy (non-hydrogen) atoms. The molecule has 0 radical (unpaired) electrons. The van der Waals surface area contributed by atoms with E-state index in [4.69, 9.17) is 0 Å². The number of hydrogen-bond donors (Lipinski definition) is 0. The average Bonchev–Trinajstić information content (AvgIpc) is 2.38. The molecular weight excluding hydrogens is 272 g/mol. The number of halogens is 1. The fourth-order valence-corrected chi connectivity index (χ4v) is 3.83. The van der Waals surface area contributed by atoms with Crippen LogP contribution in [-0.4, -0.2) is 0 Å². The van der Waals surface area contributed by atoms with Crippen molar-refractivity contribution >= 4 is 15.9 Å². The van der Waals surface area contributed by atoms with Crippen LogP contribution in [0.25, 0.3) is 0 Å². The predicted octanol–water partition coefficient (Wildman–Crippen LogP) is 5.29. The van der Waals surface area contributed by atoms with Crippen LogP contribution < -0.4 is 0 Å². The Hall–Kier alpha value is -0.300. The Balaban J connectivity index is 2.27. The van der Waals surface area contributed by atoms with Crippen LogP contribution in [0.4, 0.5) is 0 Å². The molecule has 0 aliphatic heterocycles. The maximum atomic E-state index is 3.88. The number of aryl methyl sites for hydroxylation is 1. The molecule has 0 fully saturated rings. The molecule has 0 bridgehead atoms. The van der Waals surface area contributed by atoms with E-state index in [1.807, 2.05) is 0 Å². The van der Waals surface area contributed by atoms with E-state index in [-0.39, 0.29) is 0 Å². The summed E-state index contributed by atoms with van der Waals surface area (Å²) >= 11 is 3.88. The van der Waals surface area contributed by atoms with Gasteiger partial charge in [0.1, 0.15) is 0 Å². The monoisotopic (exact) mass is 294 g/mol. The molecule has 1 aromatic rings. The quantitative estimate of drug-likeness (QED) is 0.513. The first-order valence-electron chi connectivity index (χ1n) is 6.82. The van der Waals surface area contributed by atoms with Crippen molar-refractivity contribution in [2.75, 3.05) is 0 Å². The van der Waals surface area contributed by atoms with E-state index in [0.29, 0.717) is 4.83 Å². The highest BCUT2D eigenvalue weighted by atomic mass is 79.9. The van der Waals surface area contributed by atoms with Gasteiger partial charge in [-0.25, -0.2) is 0 Å². The minimum Gasteiger partial charge on any atom is -0.0839 e. The highest BCUT2D eigenvalue weighted by Crippen LogP contribution is 2.38. The van der Waals surface area contributed by atoms with Crippen molar-refractivity contribution in [1.29, 1.82) is 0 Å². The first kappa shape index (κ1) is 13.1. The van der Waals surface area contributed by atoms with Gasteiger partial charge >= 0.3 is 0 Å². The lowest BCUT2D eigenvalue weighted by Gasteiger charge is -2.15. The molecule has 1 aromatic carbocycles. The molecule has 2 rings (SSSR count). The van der Waals surface area contributed by atoms with E-state index < -0.39 is 0 Å². The van der Waals surface area contributed by atoms with Gasteiger partial charge < -0.3 is 0 Å². The summed E-state index contributed by atoms with van der Waals surface area (Å²) in [6, 6.07) is 7.13. The van der Waals surface area contributed by atoms with Crippen LogP contribution in [0, 0.1) is 11.8 Å². The molecule has 94 valence electrons. The van der Waals surface area contributed by atoms with E-state index in [0.717, 1.165) is 11.8 Å². The molecule has 0 nitrogen and oxygen atoms in total. The summed E-state index contributed by atoms with van der Waals surface area (Å²) in [6.45, 7) is 6.95. The highest BCUT2D eigenvalue weighted by Gasteiger charge is 2.20. The number of hydrogen-bond acceptors (Lipinski definition) is 0. The summed E-state index contributed by atoms with van der Waals surface area (Å²) in [5.74, 6) is 1.58. The van der Waals surface area contributed by atoms with Crippen molar-refractivity contribution in [2.24, 2.45) is 11.8 Å². The molecule has 1 aliphatic carbocycles. The Morgan fingerprint density at radius 3 is 2.82 bits per heavy atom. The fourth-order valence-electron chi connectivity index (χ4n) is 2.76. The molecular formula is C16H23Br. The van der Waals surface area contributed by atoms with Gasteiger partial charge in [0.25, 0.3) is 0 Å². The SMILES string of the molecule is CC(C)Cc1ccc2c(c1)C(Br)CC(C)CC2.